The molecule has 19 heavy (non-hydrogen) atoms. The molecule has 0 spiro atoms. The van der Waals surface area contributed by atoms with Crippen LogP contribution < -0.4 is 5.32 Å². The number of anilines is 1. The molecule has 0 aliphatic heterocycles. The molecule has 0 saturated heterocycles. The van der Waals surface area contributed by atoms with Crippen molar-refractivity contribution >= 4 is 39.1 Å². The predicted molar refractivity (Wildman–Crippen MR) is 83.0 cm³/mol. The van der Waals surface area contributed by atoms with E-state index in [2.05, 4.69) is 21.2 Å². The van der Waals surface area contributed by atoms with Gasteiger partial charge in [0.25, 0.3) is 5.91 Å². The van der Waals surface area contributed by atoms with E-state index in [1.807, 2.05) is 32.0 Å². The van der Waals surface area contributed by atoms with Gasteiger partial charge in [-0.15, -0.1) is 0 Å². The molecule has 0 aliphatic carbocycles. The van der Waals surface area contributed by atoms with Crippen LogP contribution in [0.25, 0.3) is 0 Å². The van der Waals surface area contributed by atoms with Gasteiger partial charge in [0.05, 0.1) is 5.69 Å². The summed E-state index contributed by atoms with van der Waals surface area (Å²) >= 11 is 9.24. The zero-order chi connectivity index (χ0) is 14.0. The molecular formula is C15H13BrClNO. The van der Waals surface area contributed by atoms with Crippen LogP contribution in [-0.4, -0.2) is 5.91 Å². The highest BCUT2D eigenvalue weighted by atomic mass is 79.9. The lowest BCUT2D eigenvalue weighted by molar-refractivity contribution is 0.102. The van der Waals surface area contributed by atoms with Crippen molar-refractivity contribution in [3.63, 3.8) is 0 Å². The van der Waals surface area contributed by atoms with E-state index in [0.29, 0.717) is 16.3 Å². The summed E-state index contributed by atoms with van der Waals surface area (Å²) in [6, 6.07) is 10.9. The average molecular weight is 339 g/mol. The van der Waals surface area contributed by atoms with Gasteiger partial charge in [-0.1, -0.05) is 17.7 Å². The second-order valence-electron chi connectivity index (χ2n) is 4.38. The summed E-state index contributed by atoms with van der Waals surface area (Å²) in [4.78, 5) is 12.1. The molecule has 2 aromatic rings. The molecule has 1 amide bonds. The number of benzene rings is 2. The Balaban J connectivity index is 2.23. The van der Waals surface area contributed by atoms with E-state index >= 15 is 0 Å². The molecule has 0 fully saturated rings. The zero-order valence-corrected chi connectivity index (χ0v) is 13.0. The van der Waals surface area contributed by atoms with Crippen LogP contribution in [0.15, 0.2) is 40.9 Å². The van der Waals surface area contributed by atoms with E-state index in [1.165, 1.54) is 5.56 Å². The number of rotatable bonds is 2. The van der Waals surface area contributed by atoms with Crippen molar-refractivity contribution in [3.8, 4) is 0 Å². The Labute approximate surface area is 125 Å². The molecule has 0 unspecified atom stereocenters. The Morgan fingerprint density at radius 1 is 1.11 bits per heavy atom. The lowest BCUT2D eigenvalue weighted by atomic mass is 10.1. The molecular weight excluding hydrogens is 326 g/mol. The average Bonchev–Trinajstić information content (AvgIpc) is 2.36. The van der Waals surface area contributed by atoms with Crippen molar-refractivity contribution in [1.29, 1.82) is 0 Å². The van der Waals surface area contributed by atoms with Crippen LogP contribution in [0.1, 0.15) is 21.5 Å². The fourth-order valence-electron chi connectivity index (χ4n) is 1.67. The van der Waals surface area contributed by atoms with Gasteiger partial charge in [0.2, 0.25) is 0 Å². The van der Waals surface area contributed by atoms with E-state index in [1.54, 1.807) is 18.2 Å². The van der Waals surface area contributed by atoms with Crippen LogP contribution in [0.2, 0.25) is 5.02 Å². The molecule has 0 atom stereocenters. The monoisotopic (exact) mass is 337 g/mol. The number of hydrogen-bond acceptors (Lipinski definition) is 1. The maximum Gasteiger partial charge on any atom is 0.255 e. The van der Waals surface area contributed by atoms with Crippen molar-refractivity contribution in [2.24, 2.45) is 0 Å². The Hall–Kier alpha value is -1.32. The number of carbonyl (C=O) groups is 1. The summed E-state index contributed by atoms with van der Waals surface area (Å²) in [6.45, 7) is 4.01. The molecule has 0 heterocycles. The fourth-order valence-corrected chi connectivity index (χ4v) is 2.45. The molecule has 0 saturated carbocycles. The smallest absolute Gasteiger partial charge is 0.255 e. The van der Waals surface area contributed by atoms with Gasteiger partial charge in [0, 0.05) is 15.1 Å². The lowest BCUT2D eigenvalue weighted by Crippen LogP contribution is -2.12. The molecule has 4 heteroatoms. The summed E-state index contributed by atoms with van der Waals surface area (Å²) in [5.41, 5.74) is 3.62. The molecule has 0 aliphatic rings. The maximum atomic E-state index is 12.1. The molecule has 0 bridgehead atoms. The van der Waals surface area contributed by atoms with Crippen LogP contribution in [0, 0.1) is 13.8 Å². The molecule has 98 valence electrons. The van der Waals surface area contributed by atoms with E-state index in [0.717, 1.165) is 10.0 Å². The first-order valence-electron chi connectivity index (χ1n) is 5.81. The van der Waals surface area contributed by atoms with Gasteiger partial charge < -0.3 is 5.32 Å². The van der Waals surface area contributed by atoms with Crippen molar-refractivity contribution in [2.75, 3.05) is 5.32 Å². The van der Waals surface area contributed by atoms with E-state index < -0.39 is 0 Å². The predicted octanol–water partition coefficient (Wildman–Crippen LogP) is 4.97. The van der Waals surface area contributed by atoms with Crippen molar-refractivity contribution in [2.45, 2.75) is 13.8 Å². The molecule has 2 nitrogen and oxygen atoms in total. The van der Waals surface area contributed by atoms with Gasteiger partial charge >= 0.3 is 0 Å². The quantitative estimate of drug-likeness (QED) is 0.823. The van der Waals surface area contributed by atoms with Gasteiger partial charge in [0.1, 0.15) is 0 Å². The van der Waals surface area contributed by atoms with Crippen LogP contribution >= 0.6 is 27.5 Å². The zero-order valence-electron chi connectivity index (χ0n) is 10.6. The van der Waals surface area contributed by atoms with E-state index in [-0.39, 0.29) is 5.91 Å². The highest BCUT2D eigenvalue weighted by molar-refractivity contribution is 9.10. The number of nitrogens with one attached hydrogen (secondary N) is 1. The molecule has 2 aromatic carbocycles. The van der Waals surface area contributed by atoms with E-state index in [9.17, 15) is 4.79 Å². The van der Waals surface area contributed by atoms with E-state index in [4.69, 9.17) is 11.6 Å². The first-order valence-corrected chi connectivity index (χ1v) is 6.98. The lowest BCUT2D eigenvalue weighted by Gasteiger charge is -2.09. The number of amides is 1. The van der Waals surface area contributed by atoms with Gasteiger partial charge in [0.15, 0.2) is 0 Å². The number of carbonyl (C=O) groups excluding carboxylic acids is 1. The SMILES string of the molecule is Cc1ccc(C(=O)Nc2ccc(Cl)cc2Br)cc1C. The third-order valence-corrected chi connectivity index (χ3v) is 3.84. The highest BCUT2D eigenvalue weighted by Gasteiger charge is 2.09. The standard InChI is InChI=1S/C15H13BrClNO/c1-9-3-4-11(7-10(9)2)15(19)18-14-6-5-12(17)8-13(14)16/h3-8H,1-2H3,(H,18,19). The Bertz CT molecular complexity index is 640. The number of halogens is 2. The summed E-state index contributed by atoms with van der Waals surface area (Å²) in [6.07, 6.45) is 0. The maximum absolute atomic E-state index is 12.1. The van der Waals surface area contributed by atoms with Crippen LogP contribution in [-0.2, 0) is 0 Å². The largest absolute Gasteiger partial charge is 0.321 e. The second-order valence-corrected chi connectivity index (χ2v) is 5.67. The third-order valence-electron chi connectivity index (χ3n) is 2.95. The minimum atomic E-state index is -0.133. The van der Waals surface area contributed by atoms with Crippen LogP contribution in [0.4, 0.5) is 5.69 Å². The number of aryl methyl sites for hydroxylation is 2. The summed E-state index contributed by atoms with van der Waals surface area (Å²) in [7, 11) is 0. The normalized spacial score (nSPS) is 10.3. The molecule has 1 N–H and O–H groups in total. The Morgan fingerprint density at radius 2 is 1.84 bits per heavy atom. The van der Waals surface area contributed by atoms with Gasteiger partial charge in [-0.05, 0) is 71.2 Å². The minimum Gasteiger partial charge on any atom is -0.321 e. The van der Waals surface area contributed by atoms with Crippen molar-refractivity contribution in [3.05, 3.63) is 62.6 Å². The number of hydrogen-bond donors (Lipinski definition) is 1. The van der Waals surface area contributed by atoms with Crippen molar-refractivity contribution < 1.29 is 4.79 Å². The Kier molecular flexibility index (Phi) is 4.27. The topological polar surface area (TPSA) is 29.1 Å². The summed E-state index contributed by atoms with van der Waals surface area (Å²) in [5, 5.41) is 3.48. The summed E-state index contributed by atoms with van der Waals surface area (Å²) in [5.74, 6) is -0.133. The van der Waals surface area contributed by atoms with Gasteiger partial charge in [-0.25, -0.2) is 0 Å². The third kappa shape index (κ3) is 3.37. The van der Waals surface area contributed by atoms with Crippen LogP contribution in [0.5, 0.6) is 0 Å². The minimum absolute atomic E-state index is 0.133. The van der Waals surface area contributed by atoms with Gasteiger partial charge in [-0.3, -0.25) is 4.79 Å². The molecule has 2 rings (SSSR count). The molecule has 0 radical (unpaired) electrons. The first-order chi connectivity index (χ1) is 8.97. The highest BCUT2D eigenvalue weighted by Crippen LogP contribution is 2.26. The summed E-state index contributed by atoms with van der Waals surface area (Å²) < 4.78 is 0.761. The fraction of sp³-hybridized carbons (Fsp3) is 0.133. The van der Waals surface area contributed by atoms with Crippen molar-refractivity contribution in [1.82, 2.24) is 0 Å². The first kappa shape index (κ1) is 14.1. The van der Waals surface area contributed by atoms with Crippen LogP contribution in [0.3, 0.4) is 0 Å². The van der Waals surface area contributed by atoms with Gasteiger partial charge in [-0.2, -0.15) is 0 Å². The second kappa shape index (κ2) is 5.76. The Morgan fingerprint density at radius 3 is 2.47 bits per heavy atom. The molecule has 0 aromatic heterocycles.